The average molecular weight is 290 g/mol. The summed E-state index contributed by atoms with van der Waals surface area (Å²) < 4.78 is 2.67. The van der Waals surface area contributed by atoms with Crippen molar-refractivity contribution in [3.63, 3.8) is 0 Å². The summed E-state index contributed by atoms with van der Waals surface area (Å²) in [5, 5.41) is 10.2. The van der Waals surface area contributed by atoms with Crippen LogP contribution in [0.15, 0.2) is 16.7 Å². The van der Waals surface area contributed by atoms with E-state index in [1.165, 1.54) is 0 Å². The van der Waals surface area contributed by atoms with Gasteiger partial charge >= 0.3 is 0 Å². The molecule has 2 aromatic rings. The van der Waals surface area contributed by atoms with Crippen molar-refractivity contribution in [2.75, 3.05) is 0 Å². The van der Waals surface area contributed by atoms with Gasteiger partial charge in [0.15, 0.2) is 5.65 Å². The van der Waals surface area contributed by atoms with Gasteiger partial charge in [-0.1, -0.05) is 11.6 Å². The Bertz CT molecular complexity index is 522. The Labute approximate surface area is 101 Å². The molecule has 0 fully saturated rings. The Morgan fingerprint density at radius 2 is 2.27 bits per heavy atom. The van der Waals surface area contributed by atoms with E-state index in [9.17, 15) is 5.11 Å². The minimum absolute atomic E-state index is 0.564. The second kappa shape index (κ2) is 3.77. The Morgan fingerprint density at radius 3 is 2.87 bits per heavy atom. The maximum atomic E-state index is 9.65. The fourth-order valence-corrected chi connectivity index (χ4v) is 2.52. The van der Waals surface area contributed by atoms with E-state index in [2.05, 4.69) is 20.9 Å². The third kappa shape index (κ3) is 1.77. The number of aliphatic hydroxyl groups excluding tert-OH is 1. The maximum absolute atomic E-state index is 9.65. The quantitative estimate of drug-likeness (QED) is 0.876. The molecule has 0 saturated carbocycles. The summed E-state index contributed by atoms with van der Waals surface area (Å²) in [6.07, 6.45) is 1.29. The molecule has 0 radical (unpaired) electrons. The Balaban J connectivity index is 2.86. The largest absolute Gasteiger partial charge is 0.387 e. The Hall–Kier alpha value is -0.580. The summed E-state index contributed by atoms with van der Waals surface area (Å²) >= 11 is 9.42. The molecule has 0 aromatic carbocycles. The number of aliphatic hydroxyl groups is 1. The molecule has 1 atom stereocenters. The summed E-state index contributed by atoms with van der Waals surface area (Å²) in [4.78, 5) is 4.33. The van der Waals surface area contributed by atoms with Gasteiger partial charge in [0.05, 0.1) is 22.5 Å². The van der Waals surface area contributed by atoms with Crippen molar-refractivity contribution in [1.82, 2.24) is 9.38 Å². The van der Waals surface area contributed by atoms with Gasteiger partial charge in [0.1, 0.15) is 0 Å². The van der Waals surface area contributed by atoms with Gasteiger partial charge in [-0.3, -0.25) is 4.40 Å². The van der Waals surface area contributed by atoms with Crippen molar-refractivity contribution in [3.8, 4) is 0 Å². The first-order valence-corrected chi connectivity index (χ1v) is 5.69. The molecule has 2 rings (SSSR count). The third-order valence-electron chi connectivity index (χ3n) is 2.26. The topological polar surface area (TPSA) is 37.5 Å². The molecule has 2 heterocycles. The molecule has 1 N–H and O–H groups in total. The van der Waals surface area contributed by atoms with Crippen LogP contribution in [0.25, 0.3) is 5.65 Å². The van der Waals surface area contributed by atoms with Crippen LogP contribution in [0.4, 0.5) is 0 Å². The lowest BCUT2D eigenvalue weighted by Crippen LogP contribution is -1.99. The van der Waals surface area contributed by atoms with Gasteiger partial charge in [0.2, 0.25) is 0 Å². The zero-order chi connectivity index (χ0) is 11.2. The van der Waals surface area contributed by atoms with E-state index in [1.807, 2.05) is 17.5 Å². The molecule has 0 bridgehead atoms. The van der Waals surface area contributed by atoms with Crippen LogP contribution in [-0.4, -0.2) is 14.5 Å². The zero-order valence-electron chi connectivity index (χ0n) is 8.33. The normalized spacial score (nSPS) is 13.4. The van der Waals surface area contributed by atoms with E-state index in [0.29, 0.717) is 10.7 Å². The van der Waals surface area contributed by atoms with E-state index in [4.69, 9.17) is 11.6 Å². The van der Waals surface area contributed by atoms with Gasteiger partial charge in [0.25, 0.3) is 0 Å². The van der Waals surface area contributed by atoms with Crippen LogP contribution in [-0.2, 0) is 0 Å². The number of fused-ring (bicyclic) bond motifs is 1. The van der Waals surface area contributed by atoms with E-state index in [1.54, 1.807) is 13.0 Å². The minimum atomic E-state index is -0.564. The van der Waals surface area contributed by atoms with Gasteiger partial charge in [-0.15, -0.1) is 0 Å². The molecule has 0 aliphatic heterocycles. The number of imidazole rings is 1. The fourth-order valence-electron chi connectivity index (χ4n) is 1.71. The lowest BCUT2D eigenvalue weighted by atomic mass is 10.2. The third-order valence-corrected chi connectivity index (χ3v) is 2.97. The first kappa shape index (κ1) is 10.9. The molecule has 2 aromatic heterocycles. The van der Waals surface area contributed by atoms with Crippen LogP contribution in [0.1, 0.15) is 24.4 Å². The number of pyridine rings is 1. The van der Waals surface area contributed by atoms with Crippen LogP contribution in [0.5, 0.6) is 0 Å². The highest BCUT2D eigenvalue weighted by molar-refractivity contribution is 9.10. The minimum Gasteiger partial charge on any atom is -0.387 e. The first-order chi connectivity index (χ1) is 7.00. The molecule has 1 unspecified atom stereocenters. The molecular weight excluding hydrogens is 279 g/mol. The van der Waals surface area contributed by atoms with Gasteiger partial charge in [0, 0.05) is 10.7 Å². The number of rotatable bonds is 1. The molecule has 5 heteroatoms. The van der Waals surface area contributed by atoms with Crippen LogP contribution < -0.4 is 0 Å². The van der Waals surface area contributed by atoms with E-state index < -0.39 is 6.10 Å². The molecule has 0 saturated heterocycles. The summed E-state index contributed by atoms with van der Waals surface area (Å²) in [6.45, 7) is 3.57. The highest BCUT2D eigenvalue weighted by atomic mass is 79.9. The molecule has 0 spiro atoms. The highest BCUT2D eigenvalue weighted by Crippen LogP contribution is 2.27. The lowest BCUT2D eigenvalue weighted by molar-refractivity contribution is 0.192. The number of aryl methyl sites for hydroxylation is 1. The second-order valence-corrected chi connectivity index (χ2v) is 4.78. The van der Waals surface area contributed by atoms with Crippen LogP contribution in [0.2, 0.25) is 5.02 Å². The fraction of sp³-hybridized carbons (Fsp3) is 0.300. The van der Waals surface area contributed by atoms with E-state index in [-0.39, 0.29) is 0 Å². The van der Waals surface area contributed by atoms with Crippen molar-refractivity contribution in [2.24, 2.45) is 0 Å². The van der Waals surface area contributed by atoms with Crippen molar-refractivity contribution < 1.29 is 5.11 Å². The molecule has 3 nitrogen and oxygen atoms in total. The predicted molar refractivity (Wildman–Crippen MR) is 63.3 cm³/mol. The summed E-state index contributed by atoms with van der Waals surface area (Å²) in [7, 11) is 0. The predicted octanol–water partition coefficient (Wildman–Crippen LogP) is 3.11. The average Bonchev–Trinajstić information content (AvgIpc) is 2.41. The SMILES string of the molecule is Cc1nc2c(Cl)cc(Br)cn2c1C(C)O. The smallest absolute Gasteiger partial charge is 0.156 e. The van der Waals surface area contributed by atoms with Gasteiger partial charge in [-0.2, -0.15) is 0 Å². The number of hydrogen-bond acceptors (Lipinski definition) is 2. The van der Waals surface area contributed by atoms with Crippen LogP contribution >= 0.6 is 27.5 Å². The van der Waals surface area contributed by atoms with Crippen molar-refractivity contribution in [1.29, 1.82) is 0 Å². The second-order valence-electron chi connectivity index (χ2n) is 3.46. The lowest BCUT2D eigenvalue weighted by Gasteiger charge is -2.06. The maximum Gasteiger partial charge on any atom is 0.156 e. The number of halogens is 2. The van der Waals surface area contributed by atoms with Crippen molar-refractivity contribution in [3.05, 3.63) is 33.1 Å². The summed E-state index contributed by atoms with van der Waals surface area (Å²) in [6, 6.07) is 1.79. The van der Waals surface area contributed by atoms with Crippen LogP contribution in [0.3, 0.4) is 0 Å². The number of hydrogen-bond donors (Lipinski definition) is 1. The van der Waals surface area contributed by atoms with Gasteiger partial charge in [-0.25, -0.2) is 4.98 Å². The molecule has 0 aliphatic carbocycles. The van der Waals surface area contributed by atoms with Crippen molar-refractivity contribution in [2.45, 2.75) is 20.0 Å². The first-order valence-electron chi connectivity index (χ1n) is 4.52. The summed E-state index contributed by atoms with van der Waals surface area (Å²) in [5.74, 6) is 0. The monoisotopic (exact) mass is 288 g/mol. The molecule has 0 amide bonds. The molecule has 15 heavy (non-hydrogen) atoms. The van der Waals surface area contributed by atoms with E-state index in [0.717, 1.165) is 15.9 Å². The molecule has 80 valence electrons. The van der Waals surface area contributed by atoms with Gasteiger partial charge < -0.3 is 5.11 Å². The van der Waals surface area contributed by atoms with E-state index >= 15 is 0 Å². The molecule has 0 aliphatic rings. The van der Waals surface area contributed by atoms with Gasteiger partial charge in [-0.05, 0) is 35.8 Å². The zero-order valence-corrected chi connectivity index (χ0v) is 10.7. The highest BCUT2D eigenvalue weighted by Gasteiger charge is 2.15. The van der Waals surface area contributed by atoms with Crippen LogP contribution in [0, 0.1) is 6.92 Å². The summed E-state index contributed by atoms with van der Waals surface area (Å²) in [5.41, 5.74) is 2.24. The molecular formula is C10H10BrClN2O. The number of nitrogens with zero attached hydrogens (tertiary/aromatic N) is 2. The van der Waals surface area contributed by atoms with Crippen molar-refractivity contribution >= 4 is 33.2 Å². The standard InChI is InChI=1S/C10H10BrClN2O/c1-5-9(6(2)15)14-4-7(11)3-8(12)10(14)13-5/h3-4,6,15H,1-2H3. The Kier molecular flexibility index (Phi) is 2.75. The Morgan fingerprint density at radius 1 is 1.60 bits per heavy atom. The number of aromatic nitrogens is 2.